The first-order chi connectivity index (χ1) is 8.95. The number of nitrogens with two attached hydrogens (primary N) is 1. The van der Waals surface area contributed by atoms with Gasteiger partial charge < -0.3 is 5.73 Å². The predicted molar refractivity (Wildman–Crippen MR) is 79.2 cm³/mol. The van der Waals surface area contributed by atoms with Crippen molar-refractivity contribution in [3.05, 3.63) is 35.1 Å². The van der Waals surface area contributed by atoms with Gasteiger partial charge in [-0.3, -0.25) is 10.3 Å². The van der Waals surface area contributed by atoms with Gasteiger partial charge in [0, 0.05) is 41.3 Å². The largest absolute Gasteiger partial charge is 0.384 e. The molecule has 1 aliphatic rings. The zero-order chi connectivity index (χ0) is 14.0. The molecule has 1 aliphatic heterocycles. The van der Waals surface area contributed by atoms with Crippen molar-refractivity contribution in [2.75, 3.05) is 13.1 Å². The fourth-order valence-electron chi connectivity index (χ4n) is 2.50. The number of amidine groups is 1. The molecular formula is C14H20FN3S. The van der Waals surface area contributed by atoms with Crippen molar-refractivity contribution in [1.82, 2.24) is 4.90 Å². The van der Waals surface area contributed by atoms with E-state index < -0.39 is 0 Å². The van der Waals surface area contributed by atoms with E-state index >= 15 is 0 Å². The van der Waals surface area contributed by atoms with Crippen LogP contribution in [0.2, 0.25) is 0 Å². The molecule has 19 heavy (non-hydrogen) atoms. The SMILES string of the molecule is CC1CN(Cc2ccc(C(=N)N)cc2F)CC(C)S1. The van der Waals surface area contributed by atoms with Crippen LogP contribution in [0.5, 0.6) is 0 Å². The quantitative estimate of drug-likeness (QED) is 0.661. The molecule has 0 amide bonds. The number of nitrogens with zero attached hydrogens (tertiary/aromatic N) is 1. The number of rotatable bonds is 3. The second-order valence-corrected chi connectivity index (χ2v) is 7.05. The summed E-state index contributed by atoms with van der Waals surface area (Å²) in [6.45, 7) is 7.02. The highest BCUT2D eigenvalue weighted by molar-refractivity contribution is 8.00. The van der Waals surface area contributed by atoms with E-state index in [1.54, 1.807) is 12.1 Å². The number of nitrogens with one attached hydrogen (secondary N) is 1. The first-order valence-electron chi connectivity index (χ1n) is 6.46. The monoisotopic (exact) mass is 281 g/mol. The van der Waals surface area contributed by atoms with Gasteiger partial charge in [-0.2, -0.15) is 11.8 Å². The van der Waals surface area contributed by atoms with E-state index in [9.17, 15) is 4.39 Å². The maximum absolute atomic E-state index is 14.0. The van der Waals surface area contributed by atoms with Gasteiger partial charge in [-0.15, -0.1) is 0 Å². The third-order valence-corrected chi connectivity index (χ3v) is 4.48. The smallest absolute Gasteiger partial charge is 0.128 e. The third kappa shape index (κ3) is 3.70. The molecule has 2 rings (SSSR count). The highest BCUT2D eigenvalue weighted by Gasteiger charge is 2.22. The summed E-state index contributed by atoms with van der Waals surface area (Å²) in [5, 5.41) is 8.48. The Morgan fingerprint density at radius 1 is 1.42 bits per heavy atom. The van der Waals surface area contributed by atoms with Gasteiger partial charge in [0.1, 0.15) is 11.7 Å². The summed E-state index contributed by atoms with van der Waals surface area (Å²) in [6.07, 6.45) is 0. The number of hydrogen-bond donors (Lipinski definition) is 2. The molecule has 0 spiro atoms. The molecule has 0 bridgehead atoms. The normalized spacial score (nSPS) is 24.4. The van der Waals surface area contributed by atoms with Crippen molar-refractivity contribution in [3.8, 4) is 0 Å². The molecular weight excluding hydrogens is 261 g/mol. The van der Waals surface area contributed by atoms with Crippen LogP contribution < -0.4 is 5.73 Å². The molecule has 1 fully saturated rings. The van der Waals surface area contributed by atoms with Crippen molar-refractivity contribution in [2.24, 2.45) is 5.73 Å². The van der Waals surface area contributed by atoms with E-state index in [0.717, 1.165) is 13.1 Å². The Bertz CT molecular complexity index is 468. The number of nitrogen functional groups attached to an aromatic ring is 1. The number of thioether (sulfide) groups is 1. The number of benzene rings is 1. The van der Waals surface area contributed by atoms with Gasteiger partial charge in [0.05, 0.1) is 0 Å². The maximum atomic E-state index is 14.0. The first kappa shape index (κ1) is 14.3. The molecule has 0 saturated carbocycles. The van der Waals surface area contributed by atoms with Crippen LogP contribution in [0.4, 0.5) is 4.39 Å². The van der Waals surface area contributed by atoms with E-state index in [1.807, 2.05) is 11.8 Å². The number of hydrogen-bond acceptors (Lipinski definition) is 3. The lowest BCUT2D eigenvalue weighted by molar-refractivity contribution is 0.259. The molecule has 1 aromatic carbocycles. The van der Waals surface area contributed by atoms with Gasteiger partial charge in [-0.05, 0) is 6.07 Å². The summed E-state index contributed by atoms with van der Waals surface area (Å²) in [5.74, 6) is -0.367. The Labute approximate surface area is 117 Å². The van der Waals surface area contributed by atoms with Crippen LogP contribution in [0.3, 0.4) is 0 Å². The average molecular weight is 281 g/mol. The highest BCUT2D eigenvalue weighted by atomic mass is 32.2. The Balaban J connectivity index is 2.08. The molecule has 5 heteroatoms. The maximum Gasteiger partial charge on any atom is 0.128 e. The Hall–Kier alpha value is -1.07. The minimum absolute atomic E-state index is 0.0953. The van der Waals surface area contributed by atoms with Crippen LogP contribution >= 0.6 is 11.8 Å². The zero-order valence-corrected chi connectivity index (χ0v) is 12.1. The molecule has 2 unspecified atom stereocenters. The van der Waals surface area contributed by atoms with Gasteiger partial charge in [0.25, 0.3) is 0 Å². The molecule has 0 radical (unpaired) electrons. The van der Waals surface area contributed by atoms with E-state index in [4.69, 9.17) is 11.1 Å². The van der Waals surface area contributed by atoms with E-state index in [1.165, 1.54) is 6.07 Å². The molecule has 1 heterocycles. The highest BCUT2D eigenvalue weighted by Crippen LogP contribution is 2.26. The molecule has 0 aromatic heterocycles. The Kier molecular flexibility index (Phi) is 4.47. The summed E-state index contributed by atoms with van der Waals surface area (Å²) >= 11 is 1.99. The van der Waals surface area contributed by atoms with E-state index in [-0.39, 0.29) is 11.7 Å². The van der Waals surface area contributed by atoms with E-state index in [2.05, 4.69) is 18.7 Å². The second-order valence-electron chi connectivity index (χ2n) is 5.17. The minimum Gasteiger partial charge on any atom is -0.384 e. The standard InChI is InChI=1S/C14H20FN3S/c1-9-6-18(7-10(2)19-9)8-12-4-3-11(14(16)17)5-13(12)15/h3-5,9-10H,6-8H2,1-2H3,(H3,16,17). The topological polar surface area (TPSA) is 53.1 Å². The van der Waals surface area contributed by atoms with Crippen LogP contribution in [0.25, 0.3) is 0 Å². The summed E-state index contributed by atoms with van der Waals surface area (Å²) in [6, 6.07) is 4.80. The van der Waals surface area contributed by atoms with Gasteiger partial charge in [0.2, 0.25) is 0 Å². The van der Waals surface area contributed by atoms with Crippen LogP contribution in [-0.2, 0) is 6.54 Å². The number of halogens is 1. The Morgan fingerprint density at radius 3 is 2.58 bits per heavy atom. The van der Waals surface area contributed by atoms with Crippen LogP contribution in [0, 0.1) is 11.2 Å². The fraction of sp³-hybridized carbons (Fsp3) is 0.500. The van der Waals surface area contributed by atoms with Crippen molar-refractivity contribution < 1.29 is 4.39 Å². The van der Waals surface area contributed by atoms with Crippen molar-refractivity contribution >= 4 is 17.6 Å². The molecule has 3 nitrogen and oxygen atoms in total. The fourth-order valence-corrected chi connectivity index (χ4v) is 3.88. The first-order valence-corrected chi connectivity index (χ1v) is 7.40. The molecule has 104 valence electrons. The van der Waals surface area contributed by atoms with Crippen molar-refractivity contribution in [2.45, 2.75) is 30.9 Å². The van der Waals surface area contributed by atoms with Gasteiger partial charge in [0.15, 0.2) is 0 Å². The minimum atomic E-state index is -0.272. The molecule has 1 aromatic rings. The van der Waals surface area contributed by atoms with Crippen LogP contribution in [0.15, 0.2) is 18.2 Å². The second kappa shape index (κ2) is 5.92. The summed E-state index contributed by atoms with van der Waals surface area (Å²) < 4.78 is 14.0. The van der Waals surface area contributed by atoms with Gasteiger partial charge >= 0.3 is 0 Å². The lowest BCUT2D eigenvalue weighted by atomic mass is 10.1. The Morgan fingerprint density at radius 2 is 2.05 bits per heavy atom. The predicted octanol–water partition coefficient (Wildman–Crippen LogP) is 2.44. The molecule has 1 saturated heterocycles. The molecule has 0 aliphatic carbocycles. The van der Waals surface area contributed by atoms with Crippen LogP contribution in [0.1, 0.15) is 25.0 Å². The van der Waals surface area contributed by atoms with E-state index in [0.29, 0.717) is 28.2 Å². The summed E-state index contributed by atoms with van der Waals surface area (Å²) in [4.78, 5) is 2.29. The molecule has 3 N–H and O–H groups in total. The summed E-state index contributed by atoms with van der Waals surface area (Å²) in [5.41, 5.74) is 6.48. The molecule has 2 atom stereocenters. The van der Waals surface area contributed by atoms with Crippen molar-refractivity contribution in [3.63, 3.8) is 0 Å². The van der Waals surface area contributed by atoms with Gasteiger partial charge in [-0.1, -0.05) is 26.0 Å². The zero-order valence-electron chi connectivity index (χ0n) is 11.3. The van der Waals surface area contributed by atoms with Crippen molar-refractivity contribution in [1.29, 1.82) is 5.41 Å². The lowest BCUT2D eigenvalue weighted by Gasteiger charge is -2.34. The van der Waals surface area contributed by atoms with Crippen LogP contribution in [-0.4, -0.2) is 34.3 Å². The van der Waals surface area contributed by atoms with Gasteiger partial charge in [-0.25, -0.2) is 4.39 Å². The lowest BCUT2D eigenvalue weighted by Crippen LogP contribution is -2.39. The average Bonchev–Trinajstić information content (AvgIpc) is 2.30. The summed E-state index contributed by atoms with van der Waals surface area (Å²) in [7, 11) is 0. The third-order valence-electron chi connectivity index (χ3n) is 3.25.